The summed E-state index contributed by atoms with van der Waals surface area (Å²) in [6.07, 6.45) is 1.70. The van der Waals surface area contributed by atoms with Crippen molar-refractivity contribution in [2.24, 2.45) is 5.92 Å². The summed E-state index contributed by atoms with van der Waals surface area (Å²) in [4.78, 5) is 11.9. The van der Waals surface area contributed by atoms with Crippen LogP contribution in [-0.2, 0) is 4.79 Å². The van der Waals surface area contributed by atoms with Gasteiger partial charge in [-0.15, -0.1) is 0 Å². The molecule has 3 aromatic rings. The zero-order valence-electron chi connectivity index (χ0n) is 15.0. The first kappa shape index (κ1) is 17.7. The normalized spacial score (nSPS) is 11.7. The molecule has 0 atom stereocenters. The molecular weight excluding hydrogens is 324 g/mol. The van der Waals surface area contributed by atoms with Crippen LogP contribution in [0.2, 0.25) is 0 Å². The third-order valence-corrected chi connectivity index (χ3v) is 4.06. The average Bonchev–Trinajstić information content (AvgIpc) is 2.64. The van der Waals surface area contributed by atoms with Crippen LogP contribution in [0.1, 0.15) is 25.0 Å². The van der Waals surface area contributed by atoms with E-state index < -0.39 is 5.97 Å². The number of rotatable bonds is 6. The second kappa shape index (κ2) is 7.87. The van der Waals surface area contributed by atoms with E-state index in [0.29, 0.717) is 18.1 Å². The van der Waals surface area contributed by atoms with Gasteiger partial charge in [0.25, 0.3) is 0 Å². The molecule has 0 unspecified atom stereocenters. The van der Waals surface area contributed by atoms with Crippen molar-refractivity contribution in [1.29, 1.82) is 0 Å². The highest BCUT2D eigenvalue weighted by molar-refractivity contribution is 6.23. The highest BCUT2D eigenvalue weighted by Gasteiger charge is 2.13. The molecule has 0 spiro atoms. The van der Waals surface area contributed by atoms with Gasteiger partial charge < -0.3 is 9.84 Å². The molecule has 3 rings (SSSR count). The molecular formula is C23H22O3. The number of carbonyl (C=O) groups is 1. The fourth-order valence-electron chi connectivity index (χ4n) is 2.84. The van der Waals surface area contributed by atoms with E-state index >= 15 is 0 Å². The third-order valence-electron chi connectivity index (χ3n) is 4.06. The average molecular weight is 346 g/mol. The molecule has 0 saturated heterocycles. The number of hydrogen-bond donors (Lipinski definition) is 1. The van der Waals surface area contributed by atoms with E-state index in [1.807, 2.05) is 66.7 Å². The molecule has 26 heavy (non-hydrogen) atoms. The topological polar surface area (TPSA) is 46.5 Å². The number of ether oxygens (including phenoxy) is 1. The Kier molecular flexibility index (Phi) is 5.37. The zero-order valence-corrected chi connectivity index (χ0v) is 15.0. The van der Waals surface area contributed by atoms with Crippen molar-refractivity contribution in [1.82, 2.24) is 0 Å². The fraction of sp³-hybridized carbons (Fsp3) is 0.174. The van der Waals surface area contributed by atoms with Crippen molar-refractivity contribution >= 4 is 28.4 Å². The molecule has 0 radical (unpaired) electrons. The zero-order chi connectivity index (χ0) is 18.5. The summed E-state index contributed by atoms with van der Waals surface area (Å²) in [6.45, 7) is 4.81. The number of carboxylic acids is 1. The van der Waals surface area contributed by atoms with E-state index in [0.717, 1.165) is 22.1 Å². The van der Waals surface area contributed by atoms with Gasteiger partial charge in [0.15, 0.2) is 0 Å². The van der Waals surface area contributed by atoms with Crippen LogP contribution in [0.4, 0.5) is 0 Å². The molecule has 3 nitrogen and oxygen atoms in total. The minimum Gasteiger partial charge on any atom is -0.493 e. The quantitative estimate of drug-likeness (QED) is 0.473. The van der Waals surface area contributed by atoms with Crippen LogP contribution in [0, 0.1) is 5.92 Å². The molecule has 132 valence electrons. The van der Waals surface area contributed by atoms with Crippen molar-refractivity contribution in [3.63, 3.8) is 0 Å². The van der Waals surface area contributed by atoms with Gasteiger partial charge in [-0.25, -0.2) is 4.79 Å². The monoisotopic (exact) mass is 346 g/mol. The molecule has 0 heterocycles. The molecule has 0 bridgehead atoms. The summed E-state index contributed by atoms with van der Waals surface area (Å²) >= 11 is 0. The highest BCUT2D eigenvalue weighted by Crippen LogP contribution is 2.28. The maximum atomic E-state index is 11.9. The van der Waals surface area contributed by atoms with Crippen molar-refractivity contribution < 1.29 is 14.6 Å². The summed E-state index contributed by atoms with van der Waals surface area (Å²) < 4.78 is 5.75. The molecule has 1 N–H and O–H groups in total. The van der Waals surface area contributed by atoms with Crippen LogP contribution >= 0.6 is 0 Å². The molecule has 3 aromatic carbocycles. The molecule has 0 saturated carbocycles. The SMILES string of the molecule is CC(C)COc1cccc(/C=C(\C(=O)O)c2cccc3ccccc23)c1. The summed E-state index contributed by atoms with van der Waals surface area (Å²) in [6, 6.07) is 21.0. The lowest BCUT2D eigenvalue weighted by atomic mass is 9.96. The van der Waals surface area contributed by atoms with E-state index in [4.69, 9.17) is 4.74 Å². The van der Waals surface area contributed by atoms with Crippen molar-refractivity contribution in [2.75, 3.05) is 6.61 Å². The van der Waals surface area contributed by atoms with Crippen molar-refractivity contribution in [3.8, 4) is 5.75 Å². The first-order valence-electron chi connectivity index (χ1n) is 8.70. The first-order valence-corrected chi connectivity index (χ1v) is 8.70. The Morgan fingerprint density at radius 2 is 1.77 bits per heavy atom. The number of benzene rings is 3. The first-order chi connectivity index (χ1) is 12.5. The Morgan fingerprint density at radius 1 is 1.04 bits per heavy atom. The summed E-state index contributed by atoms with van der Waals surface area (Å²) in [5.41, 5.74) is 1.78. The number of fused-ring (bicyclic) bond motifs is 1. The fourth-order valence-corrected chi connectivity index (χ4v) is 2.84. The largest absolute Gasteiger partial charge is 0.493 e. The Bertz CT molecular complexity index is 949. The smallest absolute Gasteiger partial charge is 0.336 e. The van der Waals surface area contributed by atoms with Gasteiger partial charge in [-0.2, -0.15) is 0 Å². The third kappa shape index (κ3) is 4.12. The predicted molar refractivity (Wildman–Crippen MR) is 106 cm³/mol. The second-order valence-electron chi connectivity index (χ2n) is 6.67. The Labute approximate surface area is 153 Å². The summed E-state index contributed by atoms with van der Waals surface area (Å²) in [5.74, 6) is 0.226. The van der Waals surface area contributed by atoms with Gasteiger partial charge in [-0.05, 0) is 46.0 Å². The van der Waals surface area contributed by atoms with Gasteiger partial charge in [-0.3, -0.25) is 0 Å². The minimum absolute atomic E-state index is 0.266. The van der Waals surface area contributed by atoms with Crippen LogP contribution in [0.15, 0.2) is 66.7 Å². The number of carboxylic acid groups (broad SMARTS) is 1. The van der Waals surface area contributed by atoms with Crippen LogP contribution in [-0.4, -0.2) is 17.7 Å². The van der Waals surface area contributed by atoms with Gasteiger partial charge in [0.1, 0.15) is 5.75 Å². The van der Waals surface area contributed by atoms with E-state index in [9.17, 15) is 9.90 Å². The van der Waals surface area contributed by atoms with Crippen molar-refractivity contribution in [2.45, 2.75) is 13.8 Å². The summed E-state index contributed by atoms with van der Waals surface area (Å²) in [5, 5.41) is 11.7. The molecule has 3 heteroatoms. The number of aliphatic carboxylic acids is 1. The van der Waals surface area contributed by atoms with Crippen LogP contribution in [0.25, 0.3) is 22.4 Å². The van der Waals surface area contributed by atoms with Gasteiger partial charge >= 0.3 is 5.97 Å². The highest BCUT2D eigenvalue weighted by atomic mass is 16.5. The van der Waals surface area contributed by atoms with Gasteiger partial charge in [0, 0.05) is 0 Å². The van der Waals surface area contributed by atoms with Crippen molar-refractivity contribution in [3.05, 3.63) is 77.9 Å². The van der Waals surface area contributed by atoms with E-state index in [1.54, 1.807) is 6.08 Å². The predicted octanol–water partition coefficient (Wildman–Crippen LogP) is 5.50. The molecule has 0 aliphatic heterocycles. The van der Waals surface area contributed by atoms with Gasteiger partial charge in [0.2, 0.25) is 0 Å². The lowest BCUT2D eigenvalue weighted by molar-refractivity contribution is -0.130. The van der Waals surface area contributed by atoms with Gasteiger partial charge in [0.05, 0.1) is 12.2 Å². The van der Waals surface area contributed by atoms with E-state index in [-0.39, 0.29) is 5.57 Å². The Morgan fingerprint density at radius 3 is 2.54 bits per heavy atom. The molecule has 0 fully saturated rings. The van der Waals surface area contributed by atoms with E-state index in [1.165, 1.54) is 0 Å². The Balaban J connectivity index is 2.03. The second-order valence-corrected chi connectivity index (χ2v) is 6.67. The molecule has 0 aliphatic rings. The van der Waals surface area contributed by atoms with E-state index in [2.05, 4.69) is 13.8 Å². The van der Waals surface area contributed by atoms with Crippen LogP contribution in [0.5, 0.6) is 5.75 Å². The number of hydrogen-bond acceptors (Lipinski definition) is 2. The van der Waals surface area contributed by atoms with Gasteiger partial charge in [-0.1, -0.05) is 68.4 Å². The molecule has 0 aromatic heterocycles. The van der Waals surface area contributed by atoms with Crippen LogP contribution in [0.3, 0.4) is 0 Å². The Hall–Kier alpha value is -3.07. The molecule has 0 amide bonds. The lowest BCUT2D eigenvalue weighted by Gasteiger charge is -2.10. The minimum atomic E-state index is -0.949. The molecule has 0 aliphatic carbocycles. The van der Waals surface area contributed by atoms with Crippen LogP contribution < -0.4 is 4.74 Å². The lowest BCUT2D eigenvalue weighted by Crippen LogP contribution is -2.04. The standard InChI is InChI=1S/C23H22O3/c1-16(2)15-26-19-10-5-7-17(13-19)14-22(23(24)25)21-12-6-9-18-8-3-4-11-20(18)21/h3-14,16H,15H2,1-2H3,(H,24,25)/b22-14-. The maximum Gasteiger partial charge on any atom is 0.336 e. The maximum absolute atomic E-state index is 11.9. The summed E-state index contributed by atoms with van der Waals surface area (Å²) in [7, 11) is 0.